The molecule has 0 bridgehead atoms. The van der Waals surface area contributed by atoms with Gasteiger partial charge >= 0.3 is 5.97 Å². The van der Waals surface area contributed by atoms with Gasteiger partial charge in [0.25, 0.3) is 0 Å². The zero-order valence-corrected chi connectivity index (χ0v) is 9.13. The van der Waals surface area contributed by atoms with E-state index in [1.807, 2.05) is 0 Å². The summed E-state index contributed by atoms with van der Waals surface area (Å²) in [5.41, 5.74) is 0.398. The lowest BCUT2D eigenvalue weighted by molar-refractivity contribution is -0.153. The van der Waals surface area contributed by atoms with E-state index in [0.29, 0.717) is 18.6 Å². The van der Waals surface area contributed by atoms with E-state index in [-0.39, 0.29) is 17.9 Å². The summed E-state index contributed by atoms with van der Waals surface area (Å²) in [6, 6.07) is 1.70. The van der Waals surface area contributed by atoms with Gasteiger partial charge in [0.1, 0.15) is 5.69 Å². The van der Waals surface area contributed by atoms with Crippen molar-refractivity contribution in [3.8, 4) is 0 Å². The number of carbonyl (C=O) groups excluding carboxylic acids is 2. The number of carbonyl (C=O) groups is 2. The topological polar surface area (TPSA) is 61.2 Å². The zero-order chi connectivity index (χ0) is 11.5. The van der Waals surface area contributed by atoms with Crippen LogP contribution in [0.3, 0.4) is 0 Å². The maximum atomic E-state index is 11.6. The number of aldehydes is 1. The summed E-state index contributed by atoms with van der Waals surface area (Å²) in [4.78, 5) is 22.1. The first-order chi connectivity index (χ1) is 7.76. The Labute approximate surface area is 93.4 Å². The highest BCUT2D eigenvalue weighted by Gasteiger charge is 2.39. The Hall–Kier alpha value is -1.65. The molecule has 0 N–H and O–H groups in total. The molecule has 0 aromatic carbocycles. The average molecular weight is 222 g/mol. The summed E-state index contributed by atoms with van der Waals surface area (Å²) in [5.74, 6) is -0.277. The SMILES string of the molecule is CCOC(=O)C1CCC1n1ccc(C=O)n1. The fourth-order valence-corrected chi connectivity index (χ4v) is 1.92. The third kappa shape index (κ3) is 1.85. The molecule has 0 saturated heterocycles. The van der Waals surface area contributed by atoms with Crippen LogP contribution in [0.1, 0.15) is 36.3 Å². The number of hydrogen-bond donors (Lipinski definition) is 0. The Morgan fingerprint density at radius 3 is 3.00 bits per heavy atom. The summed E-state index contributed by atoms with van der Waals surface area (Å²) in [5, 5.41) is 4.08. The van der Waals surface area contributed by atoms with Crippen molar-refractivity contribution in [3.05, 3.63) is 18.0 Å². The van der Waals surface area contributed by atoms with E-state index in [9.17, 15) is 9.59 Å². The summed E-state index contributed by atoms with van der Waals surface area (Å²) < 4.78 is 6.67. The van der Waals surface area contributed by atoms with Gasteiger partial charge in [-0.2, -0.15) is 5.10 Å². The molecule has 0 amide bonds. The van der Waals surface area contributed by atoms with Crippen LogP contribution in [0.15, 0.2) is 12.3 Å². The largest absolute Gasteiger partial charge is 0.466 e. The number of aromatic nitrogens is 2. The molecule has 2 atom stereocenters. The van der Waals surface area contributed by atoms with Gasteiger partial charge in [-0.1, -0.05) is 0 Å². The van der Waals surface area contributed by atoms with Crippen LogP contribution >= 0.6 is 0 Å². The average Bonchev–Trinajstić information content (AvgIpc) is 2.64. The number of nitrogens with zero attached hydrogens (tertiary/aromatic N) is 2. The maximum Gasteiger partial charge on any atom is 0.311 e. The van der Waals surface area contributed by atoms with Crippen LogP contribution in [0.4, 0.5) is 0 Å². The van der Waals surface area contributed by atoms with Crippen molar-refractivity contribution in [2.45, 2.75) is 25.8 Å². The highest BCUT2D eigenvalue weighted by Crippen LogP contribution is 2.38. The van der Waals surface area contributed by atoms with Crippen molar-refractivity contribution < 1.29 is 14.3 Å². The predicted octanol–water partition coefficient (Wildman–Crippen LogP) is 1.21. The van der Waals surface area contributed by atoms with Crippen LogP contribution in [-0.2, 0) is 9.53 Å². The van der Waals surface area contributed by atoms with E-state index in [1.165, 1.54) is 0 Å². The maximum absolute atomic E-state index is 11.6. The van der Waals surface area contributed by atoms with Gasteiger partial charge in [-0.05, 0) is 25.8 Å². The minimum absolute atomic E-state index is 0.0488. The van der Waals surface area contributed by atoms with Gasteiger partial charge in [0, 0.05) is 6.20 Å². The van der Waals surface area contributed by atoms with Crippen molar-refractivity contribution in [2.75, 3.05) is 6.61 Å². The molecule has 1 aliphatic carbocycles. The first kappa shape index (κ1) is 10.9. The highest BCUT2D eigenvalue weighted by molar-refractivity contribution is 5.74. The molecule has 2 rings (SSSR count). The van der Waals surface area contributed by atoms with E-state index in [2.05, 4.69) is 5.10 Å². The van der Waals surface area contributed by atoms with Crippen molar-refractivity contribution in [2.24, 2.45) is 5.92 Å². The normalized spacial score (nSPS) is 23.6. The molecule has 16 heavy (non-hydrogen) atoms. The third-order valence-corrected chi connectivity index (χ3v) is 2.92. The molecule has 1 aromatic heterocycles. The van der Waals surface area contributed by atoms with Crippen LogP contribution in [0.25, 0.3) is 0 Å². The molecule has 2 unspecified atom stereocenters. The molecule has 1 aliphatic rings. The minimum Gasteiger partial charge on any atom is -0.466 e. The quantitative estimate of drug-likeness (QED) is 0.567. The number of esters is 1. The lowest BCUT2D eigenvalue weighted by atomic mass is 9.79. The van der Waals surface area contributed by atoms with Crippen LogP contribution in [0.5, 0.6) is 0 Å². The second-order valence-electron chi connectivity index (χ2n) is 3.84. The fraction of sp³-hybridized carbons (Fsp3) is 0.545. The lowest BCUT2D eigenvalue weighted by Gasteiger charge is -2.34. The van der Waals surface area contributed by atoms with Gasteiger partial charge < -0.3 is 4.74 Å². The van der Waals surface area contributed by atoms with Gasteiger partial charge in [-0.3, -0.25) is 14.3 Å². The molecular formula is C11H14N2O3. The smallest absolute Gasteiger partial charge is 0.311 e. The standard InChI is InChI=1S/C11H14N2O3/c1-2-16-11(15)9-3-4-10(9)13-6-5-8(7-14)12-13/h5-7,9-10H,2-4H2,1H3. The number of hydrogen-bond acceptors (Lipinski definition) is 4. The van der Waals surface area contributed by atoms with Gasteiger partial charge in [0.15, 0.2) is 6.29 Å². The molecule has 1 aromatic rings. The molecule has 5 nitrogen and oxygen atoms in total. The fourth-order valence-electron chi connectivity index (χ4n) is 1.92. The van der Waals surface area contributed by atoms with E-state index in [4.69, 9.17) is 4.74 Å². The Kier molecular flexibility index (Phi) is 3.03. The summed E-state index contributed by atoms with van der Waals surface area (Å²) in [7, 11) is 0. The van der Waals surface area contributed by atoms with E-state index in [0.717, 1.165) is 12.8 Å². The first-order valence-electron chi connectivity index (χ1n) is 5.43. The zero-order valence-electron chi connectivity index (χ0n) is 9.13. The van der Waals surface area contributed by atoms with Crippen LogP contribution in [0, 0.1) is 5.92 Å². The highest BCUT2D eigenvalue weighted by atomic mass is 16.5. The van der Waals surface area contributed by atoms with Crippen molar-refractivity contribution >= 4 is 12.3 Å². The molecule has 1 heterocycles. The minimum atomic E-state index is -0.165. The predicted molar refractivity (Wildman–Crippen MR) is 56.0 cm³/mol. The monoisotopic (exact) mass is 222 g/mol. The van der Waals surface area contributed by atoms with Gasteiger partial charge in [0.2, 0.25) is 0 Å². The van der Waals surface area contributed by atoms with Crippen molar-refractivity contribution in [1.82, 2.24) is 9.78 Å². The third-order valence-electron chi connectivity index (χ3n) is 2.92. The Balaban J connectivity index is 2.05. The van der Waals surface area contributed by atoms with E-state index < -0.39 is 0 Å². The van der Waals surface area contributed by atoms with E-state index >= 15 is 0 Å². The molecule has 0 radical (unpaired) electrons. The molecule has 1 saturated carbocycles. The van der Waals surface area contributed by atoms with Crippen LogP contribution < -0.4 is 0 Å². The molecule has 5 heteroatoms. The van der Waals surface area contributed by atoms with Crippen molar-refractivity contribution in [1.29, 1.82) is 0 Å². The number of ether oxygens (including phenoxy) is 1. The Bertz CT molecular complexity index is 400. The van der Waals surface area contributed by atoms with Gasteiger partial charge in [0.05, 0.1) is 18.6 Å². The summed E-state index contributed by atoms with van der Waals surface area (Å²) in [6.45, 7) is 2.20. The van der Waals surface area contributed by atoms with Gasteiger partial charge in [-0.25, -0.2) is 0 Å². The first-order valence-corrected chi connectivity index (χ1v) is 5.43. The lowest BCUT2D eigenvalue weighted by Crippen LogP contribution is -2.36. The second kappa shape index (κ2) is 4.47. The van der Waals surface area contributed by atoms with Gasteiger partial charge in [-0.15, -0.1) is 0 Å². The number of rotatable bonds is 4. The van der Waals surface area contributed by atoms with Crippen LogP contribution in [0.2, 0.25) is 0 Å². The summed E-state index contributed by atoms with van der Waals surface area (Å²) in [6.07, 6.45) is 4.18. The molecule has 1 fully saturated rings. The van der Waals surface area contributed by atoms with Crippen LogP contribution in [-0.4, -0.2) is 28.6 Å². The molecular weight excluding hydrogens is 208 g/mol. The molecule has 0 spiro atoms. The summed E-state index contributed by atoms with van der Waals surface area (Å²) >= 11 is 0. The second-order valence-corrected chi connectivity index (χ2v) is 3.84. The molecule has 86 valence electrons. The van der Waals surface area contributed by atoms with Crippen molar-refractivity contribution in [3.63, 3.8) is 0 Å². The Morgan fingerprint density at radius 2 is 2.50 bits per heavy atom. The molecule has 0 aliphatic heterocycles. The van der Waals surface area contributed by atoms with E-state index in [1.54, 1.807) is 23.9 Å². The Morgan fingerprint density at radius 1 is 1.69 bits per heavy atom.